The Morgan fingerprint density at radius 3 is 2.52 bits per heavy atom. The number of benzene rings is 1. The van der Waals surface area contributed by atoms with Crippen LogP contribution in [0, 0.1) is 17.7 Å². The Balaban J connectivity index is 1.51. The number of nitrogens with one attached hydrogen (secondary N) is 1. The van der Waals surface area contributed by atoms with Crippen molar-refractivity contribution in [1.29, 1.82) is 0 Å². The fraction of sp³-hybridized carbons (Fsp3) is 0.421. The number of hydrogen-bond acceptors (Lipinski definition) is 4. The van der Waals surface area contributed by atoms with Gasteiger partial charge in [-0.2, -0.15) is 4.31 Å². The standard InChI is InChI=1S/C19H23FN2O3S2/c1-14(19(23)21-13-15-4-6-17(20)7-5-15)16-8-10-22(11-9-16)27(24,25)18-3-2-12-26-18/h2-7,12,14,16H,8-11,13H2,1H3,(H,21,23)/t14-/m0/s1. The normalized spacial score (nSPS) is 17.6. The molecule has 146 valence electrons. The quantitative estimate of drug-likeness (QED) is 0.795. The van der Waals surface area contributed by atoms with Crippen LogP contribution in [0.2, 0.25) is 0 Å². The minimum Gasteiger partial charge on any atom is -0.352 e. The van der Waals surface area contributed by atoms with E-state index in [9.17, 15) is 17.6 Å². The highest BCUT2D eigenvalue weighted by molar-refractivity contribution is 7.91. The number of carbonyl (C=O) groups is 1. The molecular weight excluding hydrogens is 387 g/mol. The molecule has 1 aliphatic rings. The number of thiophene rings is 1. The highest BCUT2D eigenvalue weighted by Crippen LogP contribution is 2.29. The van der Waals surface area contributed by atoms with Crippen molar-refractivity contribution in [3.8, 4) is 0 Å². The molecule has 0 bridgehead atoms. The Labute approximate surface area is 163 Å². The average molecular weight is 411 g/mol. The molecule has 5 nitrogen and oxygen atoms in total. The Hall–Kier alpha value is -1.77. The van der Waals surface area contributed by atoms with Gasteiger partial charge in [-0.3, -0.25) is 4.79 Å². The van der Waals surface area contributed by atoms with Gasteiger partial charge in [0, 0.05) is 25.6 Å². The Morgan fingerprint density at radius 2 is 1.93 bits per heavy atom. The lowest BCUT2D eigenvalue weighted by molar-refractivity contribution is -0.126. The lowest BCUT2D eigenvalue weighted by Crippen LogP contribution is -2.42. The third-order valence-electron chi connectivity index (χ3n) is 5.09. The van der Waals surface area contributed by atoms with Gasteiger partial charge in [0.05, 0.1) is 0 Å². The molecule has 3 rings (SSSR count). The van der Waals surface area contributed by atoms with Crippen LogP contribution in [0.25, 0.3) is 0 Å². The third kappa shape index (κ3) is 4.75. The highest BCUT2D eigenvalue weighted by Gasteiger charge is 2.33. The van der Waals surface area contributed by atoms with Crippen molar-refractivity contribution in [3.63, 3.8) is 0 Å². The van der Waals surface area contributed by atoms with Crippen molar-refractivity contribution in [1.82, 2.24) is 9.62 Å². The number of hydrogen-bond donors (Lipinski definition) is 1. The van der Waals surface area contributed by atoms with Gasteiger partial charge in [0.15, 0.2) is 0 Å². The summed E-state index contributed by atoms with van der Waals surface area (Å²) in [6, 6.07) is 9.39. The van der Waals surface area contributed by atoms with E-state index in [2.05, 4.69) is 5.32 Å². The molecule has 1 aromatic carbocycles. The Morgan fingerprint density at radius 1 is 1.26 bits per heavy atom. The second kappa shape index (κ2) is 8.50. The van der Waals surface area contributed by atoms with Crippen LogP contribution in [0.15, 0.2) is 46.0 Å². The van der Waals surface area contributed by atoms with Gasteiger partial charge in [-0.15, -0.1) is 11.3 Å². The summed E-state index contributed by atoms with van der Waals surface area (Å²) in [7, 11) is -3.42. The van der Waals surface area contributed by atoms with E-state index >= 15 is 0 Å². The summed E-state index contributed by atoms with van der Waals surface area (Å²) in [6.07, 6.45) is 1.32. The number of rotatable bonds is 6. The topological polar surface area (TPSA) is 66.5 Å². The summed E-state index contributed by atoms with van der Waals surface area (Å²) in [5.41, 5.74) is 0.841. The monoisotopic (exact) mass is 410 g/mol. The summed E-state index contributed by atoms with van der Waals surface area (Å²) >= 11 is 1.22. The molecule has 0 aliphatic carbocycles. The maximum absolute atomic E-state index is 12.9. The molecular formula is C19H23FN2O3S2. The summed E-state index contributed by atoms with van der Waals surface area (Å²) in [5, 5.41) is 4.64. The van der Waals surface area contributed by atoms with Crippen molar-refractivity contribution in [2.45, 2.75) is 30.5 Å². The number of amides is 1. The van der Waals surface area contributed by atoms with Crippen LogP contribution in [-0.4, -0.2) is 31.7 Å². The van der Waals surface area contributed by atoms with Gasteiger partial charge in [-0.05, 0) is 47.9 Å². The summed E-state index contributed by atoms with van der Waals surface area (Å²) in [6.45, 7) is 3.10. The van der Waals surface area contributed by atoms with E-state index in [-0.39, 0.29) is 23.6 Å². The van der Waals surface area contributed by atoms with Crippen molar-refractivity contribution in [2.75, 3.05) is 13.1 Å². The third-order valence-corrected chi connectivity index (χ3v) is 8.36. The van der Waals surface area contributed by atoms with Crippen molar-refractivity contribution >= 4 is 27.3 Å². The minimum atomic E-state index is -3.42. The number of carbonyl (C=O) groups excluding carboxylic acids is 1. The van der Waals surface area contributed by atoms with Crippen molar-refractivity contribution < 1.29 is 17.6 Å². The van der Waals surface area contributed by atoms with Gasteiger partial charge in [0.2, 0.25) is 5.91 Å². The lowest BCUT2D eigenvalue weighted by Gasteiger charge is -2.33. The summed E-state index contributed by atoms with van der Waals surface area (Å²) in [4.78, 5) is 12.4. The van der Waals surface area contributed by atoms with Gasteiger partial charge in [-0.1, -0.05) is 25.1 Å². The highest BCUT2D eigenvalue weighted by atomic mass is 32.2. The molecule has 2 aromatic rings. The molecule has 1 saturated heterocycles. The zero-order chi connectivity index (χ0) is 19.4. The van der Waals surface area contributed by atoms with Crippen LogP contribution in [0.5, 0.6) is 0 Å². The molecule has 2 heterocycles. The van der Waals surface area contributed by atoms with Crippen LogP contribution >= 0.6 is 11.3 Å². The molecule has 1 aromatic heterocycles. The van der Waals surface area contributed by atoms with E-state index in [4.69, 9.17) is 0 Å². The first kappa shape index (κ1) is 20.0. The fourth-order valence-corrected chi connectivity index (χ4v) is 5.93. The molecule has 1 amide bonds. The molecule has 1 fully saturated rings. The minimum absolute atomic E-state index is 0.0566. The fourth-order valence-electron chi connectivity index (χ4n) is 3.32. The summed E-state index contributed by atoms with van der Waals surface area (Å²) < 4.78 is 40.0. The molecule has 1 atom stereocenters. The predicted molar refractivity (Wildman–Crippen MR) is 103 cm³/mol. The number of piperidine rings is 1. The first-order valence-corrected chi connectivity index (χ1v) is 11.3. The lowest BCUT2D eigenvalue weighted by atomic mass is 9.85. The zero-order valence-corrected chi connectivity index (χ0v) is 16.7. The second-order valence-electron chi connectivity index (χ2n) is 6.81. The molecule has 27 heavy (non-hydrogen) atoms. The van der Waals surface area contributed by atoms with Crippen LogP contribution in [0.1, 0.15) is 25.3 Å². The van der Waals surface area contributed by atoms with Gasteiger partial charge in [-0.25, -0.2) is 12.8 Å². The number of halogens is 1. The number of sulfonamides is 1. The van der Waals surface area contributed by atoms with E-state index < -0.39 is 10.0 Å². The van der Waals surface area contributed by atoms with Crippen LogP contribution in [-0.2, 0) is 21.4 Å². The predicted octanol–water partition coefficient (Wildman–Crippen LogP) is 3.24. The van der Waals surface area contributed by atoms with Gasteiger partial charge < -0.3 is 5.32 Å². The van der Waals surface area contributed by atoms with Crippen LogP contribution in [0.4, 0.5) is 4.39 Å². The first-order chi connectivity index (χ1) is 12.9. The van der Waals surface area contributed by atoms with Crippen LogP contribution < -0.4 is 5.32 Å². The smallest absolute Gasteiger partial charge is 0.252 e. The number of nitrogens with zero attached hydrogens (tertiary/aromatic N) is 1. The Kier molecular flexibility index (Phi) is 6.29. The van der Waals surface area contributed by atoms with Crippen molar-refractivity contribution in [2.24, 2.45) is 11.8 Å². The average Bonchev–Trinajstić information content (AvgIpc) is 3.22. The van der Waals surface area contributed by atoms with E-state index in [1.54, 1.807) is 29.6 Å². The molecule has 8 heteroatoms. The van der Waals surface area contributed by atoms with E-state index in [0.717, 1.165) is 5.56 Å². The molecule has 0 unspecified atom stereocenters. The van der Waals surface area contributed by atoms with Gasteiger partial charge in [0.1, 0.15) is 10.0 Å². The Bertz CT molecular complexity index is 859. The van der Waals surface area contributed by atoms with Gasteiger partial charge >= 0.3 is 0 Å². The largest absolute Gasteiger partial charge is 0.352 e. The molecule has 1 N–H and O–H groups in total. The zero-order valence-electron chi connectivity index (χ0n) is 15.1. The molecule has 1 aliphatic heterocycles. The maximum Gasteiger partial charge on any atom is 0.252 e. The SMILES string of the molecule is C[C@H](C(=O)NCc1ccc(F)cc1)C1CCN(S(=O)(=O)c2cccs2)CC1. The van der Waals surface area contributed by atoms with Crippen molar-refractivity contribution in [3.05, 3.63) is 53.2 Å². The molecule has 0 saturated carbocycles. The second-order valence-corrected chi connectivity index (χ2v) is 9.92. The summed E-state index contributed by atoms with van der Waals surface area (Å²) in [5.74, 6) is -0.411. The molecule has 0 radical (unpaired) electrons. The first-order valence-electron chi connectivity index (χ1n) is 8.94. The van der Waals surface area contributed by atoms with E-state index in [1.807, 2.05) is 6.92 Å². The van der Waals surface area contributed by atoms with E-state index in [0.29, 0.717) is 36.7 Å². The maximum atomic E-state index is 12.9. The van der Waals surface area contributed by atoms with Gasteiger partial charge in [0.25, 0.3) is 10.0 Å². The van der Waals surface area contributed by atoms with E-state index in [1.165, 1.54) is 27.8 Å². The molecule has 0 spiro atoms. The van der Waals surface area contributed by atoms with Crippen LogP contribution in [0.3, 0.4) is 0 Å².